The number of nitrogens with zero attached hydrogens (tertiary/aromatic N) is 3. The van der Waals surface area contributed by atoms with E-state index in [1.54, 1.807) is 6.20 Å². The van der Waals surface area contributed by atoms with Crippen molar-refractivity contribution in [3.05, 3.63) is 47.8 Å². The van der Waals surface area contributed by atoms with E-state index in [1.165, 1.54) is 0 Å². The quantitative estimate of drug-likeness (QED) is 0.470. The fourth-order valence-electron chi connectivity index (χ4n) is 2.32. The molecule has 1 atom stereocenters. The van der Waals surface area contributed by atoms with Crippen LogP contribution in [0.25, 0.3) is 0 Å². The number of carbonyl (C=O) groups excluding carboxylic acids is 1. The van der Waals surface area contributed by atoms with Gasteiger partial charge in [-0.05, 0) is 19.1 Å². The summed E-state index contributed by atoms with van der Waals surface area (Å²) in [5.41, 5.74) is 1.30. The second-order valence-corrected chi connectivity index (χ2v) is 6.46. The van der Waals surface area contributed by atoms with Crippen LogP contribution in [0.1, 0.15) is 35.0 Å². The smallest absolute Gasteiger partial charge is 0.475 e. The van der Waals surface area contributed by atoms with E-state index >= 15 is 0 Å². The summed E-state index contributed by atoms with van der Waals surface area (Å²) in [5.74, 6) is -4.76. The molecular weight excluding hydrogens is 480 g/mol. The highest BCUT2D eigenvalue weighted by atomic mass is 19.4. The van der Waals surface area contributed by atoms with Crippen LogP contribution in [0.2, 0.25) is 0 Å². The lowest BCUT2D eigenvalue weighted by Gasteiger charge is -2.21. The molecule has 34 heavy (non-hydrogen) atoms. The van der Waals surface area contributed by atoms with Crippen LogP contribution in [0.5, 0.6) is 0 Å². The van der Waals surface area contributed by atoms with Gasteiger partial charge in [-0.3, -0.25) is 9.78 Å². The fraction of sp³-hybridized carbons (Fsp3) is 0.389. The van der Waals surface area contributed by atoms with Crippen molar-refractivity contribution in [2.24, 2.45) is 0 Å². The van der Waals surface area contributed by atoms with Gasteiger partial charge in [-0.15, -0.1) is 0 Å². The van der Waals surface area contributed by atoms with Crippen LogP contribution in [-0.2, 0) is 22.7 Å². The third-order valence-corrected chi connectivity index (χ3v) is 3.87. The summed E-state index contributed by atoms with van der Waals surface area (Å²) in [4.78, 5) is 38.5. The molecule has 0 aromatic carbocycles. The maximum Gasteiger partial charge on any atom is 0.490 e. The van der Waals surface area contributed by atoms with E-state index in [-0.39, 0.29) is 11.9 Å². The molecular formula is C18H19F6N5O5. The van der Waals surface area contributed by atoms with E-state index in [0.29, 0.717) is 12.2 Å². The second kappa shape index (κ2) is 12.0. The minimum absolute atomic E-state index is 0.162. The summed E-state index contributed by atoms with van der Waals surface area (Å²) in [6, 6.07) is 5.81. The minimum Gasteiger partial charge on any atom is -0.475 e. The Hall–Kier alpha value is -3.69. The highest BCUT2D eigenvalue weighted by molar-refractivity contribution is 5.92. The predicted molar refractivity (Wildman–Crippen MR) is 101 cm³/mol. The summed E-state index contributed by atoms with van der Waals surface area (Å²) in [6.45, 7) is 4.21. The topological polar surface area (TPSA) is 146 Å². The van der Waals surface area contributed by atoms with Gasteiger partial charge in [0.05, 0.1) is 18.3 Å². The van der Waals surface area contributed by atoms with Crippen molar-refractivity contribution in [2.75, 3.05) is 6.54 Å². The molecule has 3 rings (SSSR count). The van der Waals surface area contributed by atoms with Crippen molar-refractivity contribution in [1.29, 1.82) is 0 Å². The SMILES string of the molecule is CC1NCCn2cc(C(=O)NCc3ccccn3)nc21.O=C(O)C(F)(F)F.O=C(O)C(F)(F)F. The molecule has 1 unspecified atom stereocenters. The normalized spacial score (nSPS) is 15.0. The molecule has 2 aromatic rings. The standard InChI is InChI=1S/C14H17N5O.2C2HF3O2/c1-10-13-18-12(9-19(13)7-6-15-10)14(20)17-8-11-4-2-3-5-16-11;2*3-2(4,5)1(6)7/h2-5,9-10,15H,6-8H2,1H3,(H,17,20);2*(H,6,7). The van der Waals surface area contributed by atoms with Crippen molar-refractivity contribution in [1.82, 2.24) is 25.2 Å². The van der Waals surface area contributed by atoms with Crippen molar-refractivity contribution < 1.29 is 50.9 Å². The van der Waals surface area contributed by atoms with Gasteiger partial charge in [0.25, 0.3) is 5.91 Å². The number of pyridine rings is 1. The van der Waals surface area contributed by atoms with E-state index in [1.807, 2.05) is 35.9 Å². The molecule has 2 aromatic heterocycles. The number of rotatable bonds is 3. The minimum atomic E-state index is -5.08. The Bertz CT molecular complexity index is 954. The van der Waals surface area contributed by atoms with Gasteiger partial charge in [0.2, 0.25) is 0 Å². The number of carbonyl (C=O) groups is 3. The number of aliphatic carboxylic acids is 2. The summed E-state index contributed by atoms with van der Waals surface area (Å²) in [6.07, 6.45) is -6.63. The number of nitrogens with one attached hydrogen (secondary N) is 2. The molecule has 3 heterocycles. The number of alkyl halides is 6. The van der Waals surface area contributed by atoms with Crippen LogP contribution in [-0.4, -0.2) is 61.5 Å². The van der Waals surface area contributed by atoms with Gasteiger partial charge in [-0.2, -0.15) is 26.3 Å². The molecule has 10 nitrogen and oxygen atoms in total. The van der Waals surface area contributed by atoms with Gasteiger partial charge in [-0.1, -0.05) is 6.07 Å². The zero-order chi connectivity index (χ0) is 26.1. The van der Waals surface area contributed by atoms with Crippen molar-refractivity contribution >= 4 is 17.8 Å². The van der Waals surface area contributed by atoms with Crippen LogP contribution in [0.15, 0.2) is 30.6 Å². The molecule has 0 radical (unpaired) electrons. The maximum atomic E-state index is 12.1. The monoisotopic (exact) mass is 499 g/mol. The molecule has 1 aliphatic heterocycles. The molecule has 16 heteroatoms. The van der Waals surface area contributed by atoms with Crippen LogP contribution in [0, 0.1) is 0 Å². The van der Waals surface area contributed by atoms with Crippen molar-refractivity contribution in [2.45, 2.75) is 38.4 Å². The van der Waals surface area contributed by atoms with Crippen LogP contribution in [0.4, 0.5) is 26.3 Å². The molecule has 0 bridgehead atoms. The van der Waals surface area contributed by atoms with Crippen LogP contribution >= 0.6 is 0 Å². The average Bonchev–Trinajstić information content (AvgIpc) is 3.18. The van der Waals surface area contributed by atoms with Crippen LogP contribution in [0.3, 0.4) is 0 Å². The van der Waals surface area contributed by atoms with Gasteiger partial charge in [0.1, 0.15) is 11.5 Å². The van der Waals surface area contributed by atoms with Crippen LogP contribution < -0.4 is 10.6 Å². The lowest BCUT2D eigenvalue weighted by Crippen LogP contribution is -2.31. The number of hydrogen-bond acceptors (Lipinski definition) is 6. The summed E-state index contributed by atoms with van der Waals surface area (Å²) >= 11 is 0. The third kappa shape index (κ3) is 9.43. The zero-order valence-corrected chi connectivity index (χ0v) is 17.3. The lowest BCUT2D eigenvalue weighted by atomic mass is 10.2. The molecule has 0 saturated heterocycles. The van der Waals surface area contributed by atoms with E-state index in [4.69, 9.17) is 19.8 Å². The van der Waals surface area contributed by atoms with Crippen molar-refractivity contribution in [3.63, 3.8) is 0 Å². The Labute approximate surface area is 187 Å². The first-order valence-electron chi connectivity index (χ1n) is 9.21. The van der Waals surface area contributed by atoms with Gasteiger partial charge >= 0.3 is 24.3 Å². The molecule has 0 fully saturated rings. The van der Waals surface area contributed by atoms with E-state index < -0.39 is 24.3 Å². The number of halogens is 6. The molecule has 0 aliphatic carbocycles. The third-order valence-electron chi connectivity index (χ3n) is 3.87. The Morgan fingerprint density at radius 1 is 1.12 bits per heavy atom. The van der Waals surface area contributed by atoms with Gasteiger partial charge in [0.15, 0.2) is 0 Å². The van der Waals surface area contributed by atoms with Gasteiger partial charge in [-0.25, -0.2) is 14.6 Å². The number of aromatic nitrogens is 3. The van der Waals surface area contributed by atoms with E-state index in [9.17, 15) is 31.1 Å². The lowest BCUT2D eigenvalue weighted by molar-refractivity contribution is -0.193. The number of amides is 1. The number of carboxylic acids is 2. The first-order chi connectivity index (χ1) is 15.6. The summed E-state index contributed by atoms with van der Waals surface area (Å²) < 4.78 is 65.5. The summed E-state index contributed by atoms with van der Waals surface area (Å²) in [7, 11) is 0. The molecule has 188 valence electrons. The van der Waals surface area contributed by atoms with E-state index in [0.717, 1.165) is 24.6 Å². The number of imidazole rings is 1. The largest absolute Gasteiger partial charge is 0.490 e. The molecule has 1 aliphatic rings. The number of fused-ring (bicyclic) bond motifs is 1. The Morgan fingerprint density at radius 2 is 1.68 bits per heavy atom. The zero-order valence-electron chi connectivity index (χ0n) is 17.3. The average molecular weight is 499 g/mol. The van der Waals surface area contributed by atoms with Crippen molar-refractivity contribution in [3.8, 4) is 0 Å². The first kappa shape index (κ1) is 28.3. The summed E-state index contributed by atoms with van der Waals surface area (Å²) in [5, 5.41) is 20.4. The Balaban J connectivity index is 0.000000343. The Kier molecular flexibility index (Phi) is 9.97. The highest BCUT2D eigenvalue weighted by Gasteiger charge is 2.38. The highest BCUT2D eigenvalue weighted by Crippen LogP contribution is 2.16. The maximum absolute atomic E-state index is 12.1. The first-order valence-corrected chi connectivity index (χ1v) is 9.21. The Morgan fingerprint density at radius 3 is 2.12 bits per heavy atom. The molecule has 4 N–H and O–H groups in total. The number of hydrogen-bond donors (Lipinski definition) is 4. The van der Waals surface area contributed by atoms with Gasteiger partial charge in [0, 0.05) is 25.5 Å². The number of carboxylic acid groups (broad SMARTS) is 2. The second-order valence-electron chi connectivity index (χ2n) is 6.46. The fourth-order valence-corrected chi connectivity index (χ4v) is 2.32. The molecule has 0 spiro atoms. The predicted octanol–water partition coefficient (Wildman–Crippen LogP) is 2.14. The van der Waals surface area contributed by atoms with Gasteiger partial charge < -0.3 is 25.4 Å². The molecule has 1 amide bonds. The van der Waals surface area contributed by atoms with E-state index in [2.05, 4.69) is 20.6 Å². The molecule has 0 saturated carbocycles.